The molecule has 0 spiro atoms. The van der Waals surface area contributed by atoms with E-state index in [1.54, 1.807) is 27.7 Å². The number of aromatic nitrogens is 2. The quantitative estimate of drug-likeness (QED) is 0.815. The first kappa shape index (κ1) is 19.1. The molecule has 1 fully saturated rings. The van der Waals surface area contributed by atoms with E-state index in [1.165, 1.54) is 0 Å². The van der Waals surface area contributed by atoms with Gasteiger partial charge in [-0.2, -0.15) is 5.10 Å². The van der Waals surface area contributed by atoms with Crippen molar-refractivity contribution in [3.8, 4) is 5.69 Å². The summed E-state index contributed by atoms with van der Waals surface area (Å²) in [5.41, 5.74) is 2.14. The summed E-state index contributed by atoms with van der Waals surface area (Å²) in [6, 6.07) is 9.65. The van der Waals surface area contributed by atoms with E-state index in [4.69, 9.17) is 9.84 Å². The van der Waals surface area contributed by atoms with Crippen molar-refractivity contribution in [3.05, 3.63) is 47.8 Å². The average Bonchev–Trinajstić information content (AvgIpc) is 3.03. The van der Waals surface area contributed by atoms with E-state index >= 15 is 0 Å². The molecule has 8 nitrogen and oxygen atoms in total. The number of benzene rings is 1. The van der Waals surface area contributed by atoms with Crippen molar-refractivity contribution in [3.63, 3.8) is 0 Å². The number of carbonyl (C=O) groups is 2. The Balaban J connectivity index is 1.68. The molecule has 1 atom stereocenters. The Morgan fingerprint density at radius 2 is 2.07 bits per heavy atom. The first-order chi connectivity index (χ1) is 12.9. The van der Waals surface area contributed by atoms with Crippen molar-refractivity contribution in [1.29, 1.82) is 0 Å². The molecular weight excluding hydrogens is 348 g/mol. The largest absolute Gasteiger partial charge is 0.480 e. The Kier molecular flexibility index (Phi) is 5.88. The normalized spacial score (nSPS) is 17.3. The van der Waals surface area contributed by atoms with Crippen LogP contribution in [0, 0.1) is 6.92 Å². The molecule has 0 bridgehead atoms. The number of hydrogen-bond acceptors (Lipinski definition) is 5. The predicted molar refractivity (Wildman–Crippen MR) is 99.1 cm³/mol. The van der Waals surface area contributed by atoms with Gasteiger partial charge in [0.2, 0.25) is 0 Å². The second-order valence-electron chi connectivity index (χ2n) is 6.74. The molecule has 1 aliphatic heterocycles. The summed E-state index contributed by atoms with van der Waals surface area (Å²) in [5, 5.41) is 13.3. The van der Waals surface area contributed by atoms with Crippen molar-refractivity contribution in [2.75, 3.05) is 39.8 Å². The van der Waals surface area contributed by atoms with Crippen molar-refractivity contribution < 1.29 is 19.4 Å². The van der Waals surface area contributed by atoms with Gasteiger partial charge in [-0.3, -0.25) is 14.5 Å². The fraction of sp³-hybridized carbons (Fsp3) is 0.421. The molecule has 1 aromatic carbocycles. The molecule has 0 saturated carbocycles. The number of hydrogen-bond donors (Lipinski definition) is 1. The molecule has 3 rings (SSSR count). The van der Waals surface area contributed by atoms with Gasteiger partial charge in [0.25, 0.3) is 5.91 Å². The minimum atomic E-state index is -0.884. The fourth-order valence-electron chi connectivity index (χ4n) is 3.21. The first-order valence-electron chi connectivity index (χ1n) is 8.87. The lowest BCUT2D eigenvalue weighted by Gasteiger charge is -2.34. The molecule has 27 heavy (non-hydrogen) atoms. The van der Waals surface area contributed by atoms with Crippen LogP contribution in [0.3, 0.4) is 0 Å². The summed E-state index contributed by atoms with van der Waals surface area (Å²) < 4.78 is 7.41. The zero-order valence-corrected chi connectivity index (χ0v) is 15.5. The molecule has 1 amide bonds. The summed E-state index contributed by atoms with van der Waals surface area (Å²) in [7, 11) is 1.73. The minimum Gasteiger partial charge on any atom is -0.480 e. The molecule has 2 aromatic rings. The van der Waals surface area contributed by atoms with Gasteiger partial charge in [-0.15, -0.1) is 0 Å². The molecule has 1 unspecified atom stereocenters. The van der Waals surface area contributed by atoms with Crippen molar-refractivity contribution in [2.45, 2.75) is 13.0 Å². The molecule has 8 heteroatoms. The molecular formula is C19H24N4O4. The number of aliphatic carboxylic acids is 1. The zero-order chi connectivity index (χ0) is 19.4. The Morgan fingerprint density at radius 3 is 2.78 bits per heavy atom. The van der Waals surface area contributed by atoms with E-state index in [9.17, 15) is 9.59 Å². The molecule has 0 radical (unpaired) electrons. The Labute approximate surface area is 157 Å². The lowest BCUT2D eigenvalue weighted by atomic mass is 10.2. The SMILES string of the molecule is Cc1nn(-c2ccccc2)cc1C(=O)N1CCOC(CN(C)CC(=O)O)C1. The van der Waals surface area contributed by atoms with Crippen LogP contribution in [0.25, 0.3) is 5.69 Å². The number of nitrogens with zero attached hydrogens (tertiary/aromatic N) is 4. The molecule has 0 aliphatic carbocycles. The zero-order valence-electron chi connectivity index (χ0n) is 15.5. The summed E-state index contributed by atoms with van der Waals surface area (Å²) >= 11 is 0. The van der Waals surface area contributed by atoms with Gasteiger partial charge >= 0.3 is 5.97 Å². The maximum Gasteiger partial charge on any atom is 0.317 e. The van der Waals surface area contributed by atoms with Crippen LogP contribution in [0.5, 0.6) is 0 Å². The van der Waals surface area contributed by atoms with Gasteiger partial charge in [-0.25, -0.2) is 4.68 Å². The van der Waals surface area contributed by atoms with E-state index in [0.29, 0.717) is 37.5 Å². The number of likely N-dealkylation sites (N-methyl/N-ethyl adjacent to an activating group) is 1. The highest BCUT2D eigenvalue weighted by Crippen LogP contribution is 2.16. The Morgan fingerprint density at radius 1 is 1.33 bits per heavy atom. The fourth-order valence-corrected chi connectivity index (χ4v) is 3.21. The molecule has 1 aromatic heterocycles. The van der Waals surface area contributed by atoms with Crippen LogP contribution >= 0.6 is 0 Å². The van der Waals surface area contributed by atoms with E-state index in [-0.39, 0.29) is 18.6 Å². The van der Waals surface area contributed by atoms with Crippen LogP contribution in [0.4, 0.5) is 0 Å². The highest BCUT2D eigenvalue weighted by atomic mass is 16.5. The van der Waals surface area contributed by atoms with Crippen LogP contribution in [0.15, 0.2) is 36.5 Å². The van der Waals surface area contributed by atoms with Crippen molar-refractivity contribution >= 4 is 11.9 Å². The third kappa shape index (κ3) is 4.72. The van der Waals surface area contributed by atoms with Crippen molar-refractivity contribution in [2.24, 2.45) is 0 Å². The third-order valence-corrected chi connectivity index (χ3v) is 4.50. The van der Waals surface area contributed by atoms with Gasteiger partial charge in [0.05, 0.1) is 36.2 Å². The lowest BCUT2D eigenvalue weighted by molar-refractivity contribution is -0.138. The second-order valence-corrected chi connectivity index (χ2v) is 6.74. The molecule has 1 saturated heterocycles. The minimum absolute atomic E-state index is 0.0588. The van der Waals surface area contributed by atoms with Crippen LogP contribution < -0.4 is 0 Å². The number of morpholine rings is 1. The molecule has 2 heterocycles. The number of carbonyl (C=O) groups excluding carboxylic acids is 1. The van der Waals surface area contributed by atoms with E-state index in [1.807, 2.05) is 37.3 Å². The number of para-hydroxylation sites is 1. The first-order valence-corrected chi connectivity index (χ1v) is 8.87. The summed E-state index contributed by atoms with van der Waals surface area (Å²) in [6.45, 7) is 3.59. The lowest BCUT2D eigenvalue weighted by Crippen LogP contribution is -2.49. The number of rotatable bonds is 6. The van der Waals surface area contributed by atoms with Gasteiger partial charge in [0.15, 0.2) is 0 Å². The smallest absolute Gasteiger partial charge is 0.317 e. The monoisotopic (exact) mass is 372 g/mol. The number of ether oxygens (including phenoxy) is 1. The van der Waals surface area contributed by atoms with Crippen LogP contribution in [0.2, 0.25) is 0 Å². The van der Waals surface area contributed by atoms with Crippen molar-refractivity contribution in [1.82, 2.24) is 19.6 Å². The second kappa shape index (κ2) is 8.32. The summed E-state index contributed by atoms with van der Waals surface area (Å²) in [6.07, 6.45) is 1.55. The maximum atomic E-state index is 13.0. The van der Waals surface area contributed by atoms with Crippen LogP contribution in [-0.2, 0) is 9.53 Å². The molecule has 1 aliphatic rings. The number of amides is 1. The van der Waals surface area contributed by atoms with Gasteiger partial charge in [-0.05, 0) is 26.1 Å². The average molecular weight is 372 g/mol. The number of carboxylic acids is 1. The predicted octanol–water partition coefficient (Wildman–Crippen LogP) is 1.04. The Hall–Kier alpha value is -2.71. The van der Waals surface area contributed by atoms with E-state index < -0.39 is 5.97 Å². The summed E-state index contributed by atoms with van der Waals surface area (Å²) in [4.78, 5) is 27.2. The van der Waals surface area contributed by atoms with Crippen LogP contribution in [0.1, 0.15) is 16.1 Å². The van der Waals surface area contributed by atoms with E-state index in [2.05, 4.69) is 5.10 Å². The highest BCUT2D eigenvalue weighted by Gasteiger charge is 2.28. The van der Waals surface area contributed by atoms with Gasteiger partial charge in [-0.1, -0.05) is 18.2 Å². The Bertz CT molecular complexity index is 805. The third-order valence-electron chi connectivity index (χ3n) is 4.50. The number of aryl methyl sites for hydroxylation is 1. The topological polar surface area (TPSA) is 87.9 Å². The number of carboxylic acid groups (broad SMARTS) is 1. The highest BCUT2D eigenvalue weighted by molar-refractivity contribution is 5.95. The maximum absolute atomic E-state index is 13.0. The molecule has 144 valence electrons. The van der Waals surface area contributed by atoms with Gasteiger partial charge in [0.1, 0.15) is 0 Å². The van der Waals surface area contributed by atoms with Crippen LogP contribution in [-0.4, -0.2) is 82.5 Å². The van der Waals surface area contributed by atoms with Gasteiger partial charge < -0.3 is 14.7 Å². The standard InChI is InChI=1S/C19H24N4O4/c1-14-17(12-23(20-14)15-6-4-3-5-7-15)19(26)22-8-9-27-16(11-22)10-21(2)13-18(24)25/h3-7,12,16H,8-11,13H2,1-2H3,(H,24,25). The molecule has 1 N–H and O–H groups in total. The van der Waals surface area contributed by atoms with E-state index in [0.717, 1.165) is 5.69 Å². The van der Waals surface area contributed by atoms with Gasteiger partial charge in [0, 0.05) is 25.8 Å². The summed E-state index contributed by atoms with van der Waals surface area (Å²) in [5.74, 6) is -0.964.